The number of nitrogens with zero attached hydrogens (tertiary/aromatic N) is 1. The summed E-state index contributed by atoms with van der Waals surface area (Å²) in [7, 11) is 3.30. The predicted molar refractivity (Wildman–Crippen MR) is 86.0 cm³/mol. The molecule has 0 aliphatic rings. The number of ether oxygens (including phenoxy) is 2. The fraction of sp³-hybridized carbons (Fsp3) is 0.500. The number of thiophene rings is 1. The maximum absolute atomic E-state index is 12.2. The SMILES string of the molecule is COCCCN(CCOC)C(=O)C=Cc1ccc(Br)s1. The molecule has 0 N–H and O–H groups in total. The Morgan fingerprint density at radius 2 is 2.05 bits per heavy atom. The summed E-state index contributed by atoms with van der Waals surface area (Å²) < 4.78 is 11.1. The van der Waals surface area contributed by atoms with Crippen LogP contribution in [-0.2, 0) is 14.3 Å². The number of rotatable bonds is 9. The number of amides is 1. The van der Waals surface area contributed by atoms with Gasteiger partial charge in [0.05, 0.1) is 10.4 Å². The normalized spacial score (nSPS) is 11.2. The fourth-order valence-corrected chi connectivity index (χ4v) is 2.94. The molecule has 0 spiro atoms. The summed E-state index contributed by atoms with van der Waals surface area (Å²) in [5, 5.41) is 0. The average Bonchev–Trinajstić information content (AvgIpc) is 2.86. The third-order valence-corrected chi connectivity index (χ3v) is 4.23. The van der Waals surface area contributed by atoms with Crippen LogP contribution < -0.4 is 0 Å². The maximum Gasteiger partial charge on any atom is 0.246 e. The summed E-state index contributed by atoms with van der Waals surface area (Å²) in [6.07, 6.45) is 4.28. The van der Waals surface area contributed by atoms with E-state index in [0.717, 1.165) is 15.1 Å². The lowest BCUT2D eigenvalue weighted by molar-refractivity contribution is -0.126. The van der Waals surface area contributed by atoms with E-state index in [1.165, 1.54) is 0 Å². The molecule has 0 atom stereocenters. The summed E-state index contributed by atoms with van der Waals surface area (Å²) >= 11 is 5.00. The van der Waals surface area contributed by atoms with Gasteiger partial charge in [-0.25, -0.2) is 0 Å². The van der Waals surface area contributed by atoms with E-state index in [1.807, 2.05) is 18.2 Å². The van der Waals surface area contributed by atoms with Gasteiger partial charge in [-0.15, -0.1) is 11.3 Å². The van der Waals surface area contributed by atoms with Crippen molar-refractivity contribution in [2.75, 3.05) is 40.5 Å². The minimum Gasteiger partial charge on any atom is -0.385 e. The lowest BCUT2D eigenvalue weighted by atomic mass is 10.3. The molecule has 4 nitrogen and oxygen atoms in total. The smallest absolute Gasteiger partial charge is 0.246 e. The first kappa shape index (κ1) is 17.4. The Labute approximate surface area is 132 Å². The molecule has 1 heterocycles. The molecule has 0 fully saturated rings. The van der Waals surface area contributed by atoms with Crippen LogP contribution in [0.25, 0.3) is 6.08 Å². The van der Waals surface area contributed by atoms with Gasteiger partial charge in [0.15, 0.2) is 0 Å². The molecule has 0 aliphatic heterocycles. The standard InChI is InChI=1S/C14H20BrNO3S/c1-18-10-3-8-16(9-11-19-2)14(17)7-5-12-4-6-13(15)20-12/h4-7H,3,8-11H2,1-2H3. The second kappa shape index (κ2) is 10.1. The summed E-state index contributed by atoms with van der Waals surface area (Å²) in [5.74, 6) is 0.00248. The van der Waals surface area contributed by atoms with Gasteiger partial charge >= 0.3 is 0 Å². The highest BCUT2D eigenvalue weighted by Crippen LogP contribution is 2.23. The zero-order valence-corrected chi connectivity index (χ0v) is 14.2. The largest absolute Gasteiger partial charge is 0.385 e. The first-order chi connectivity index (χ1) is 9.67. The highest BCUT2D eigenvalue weighted by Gasteiger charge is 2.09. The molecule has 1 amide bonds. The molecular weight excluding hydrogens is 342 g/mol. The van der Waals surface area contributed by atoms with Crippen molar-refractivity contribution in [3.8, 4) is 0 Å². The Morgan fingerprint density at radius 1 is 1.30 bits per heavy atom. The van der Waals surface area contributed by atoms with E-state index in [1.54, 1.807) is 36.5 Å². The zero-order chi connectivity index (χ0) is 14.8. The lowest BCUT2D eigenvalue weighted by Gasteiger charge is -2.20. The molecule has 0 radical (unpaired) electrons. The fourth-order valence-electron chi connectivity index (χ4n) is 1.61. The van der Waals surface area contributed by atoms with Crippen LogP contribution in [0.4, 0.5) is 0 Å². The molecule has 0 saturated heterocycles. The summed E-state index contributed by atoms with van der Waals surface area (Å²) in [4.78, 5) is 15.0. The van der Waals surface area contributed by atoms with Crippen LogP contribution >= 0.6 is 27.3 Å². The van der Waals surface area contributed by atoms with Gasteiger partial charge in [0, 0.05) is 44.9 Å². The van der Waals surface area contributed by atoms with Crippen LogP contribution in [0.3, 0.4) is 0 Å². The summed E-state index contributed by atoms with van der Waals surface area (Å²) in [5.41, 5.74) is 0. The molecule has 0 unspecified atom stereocenters. The number of carbonyl (C=O) groups excluding carboxylic acids is 1. The Morgan fingerprint density at radius 3 is 2.65 bits per heavy atom. The number of methoxy groups -OCH3 is 2. The van der Waals surface area contributed by atoms with Gasteiger partial charge in [-0.2, -0.15) is 0 Å². The molecule has 0 aliphatic carbocycles. The van der Waals surface area contributed by atoms with Crippen molar-refractivity contribution in [3.05, 3.63) is 26.9 Å². The van der Waals surface area contributed by atoms with Crippen LogP contribution in [0.1, 0.15) is 11.3 Å². The van der Waals surface area contributed by atoms with Gasteiger partial charge in [0.1, 0.15) is 0 Å². The van der Waals surface area contributed by atoms with E-state index in [4.69, 9.17) is 9.47 Å². The number of hydrogen-bond donors (Lipinski definition) is 0. The van der Waals surface area contributed by atoms with Crippen molar-refractivity contribution in [1.29, 1.82) is 0 Å². The van der Waals surface area contributed by atoms with Crippen LogP contribution in [0, 0.1) is 0 Å². The van der Waals surface area contributed by atoms with E-state index >= 15 is 0 Å². The van der Waals surface area contributed by atoms with E-state index < -0.39 is 0 Å². The zero-order valence-electron chi connectivity index (χ0n) is 11.8. The summed E-state index contributed by atoms with van der Waals surface area (Å²) in [6.45, 7) is 2.46. The molecule has 1 aromatic rings. The Balaban J connectivity index is 2.54. The Kier molecular flexibility index (Phi) is 8.77. The highest BCUT2D eigenvalue weighted by atomic mass is 79.9. The minimum absolute atomic E-state index is 0.00248. The molecule has 0 bridgehead atoms. The number of halogens is 1. The van der Waals surface area contributed by atoms with Gasteiger partial charge in [-0.05, 0) is 40.6 Å². The minimum atomic E-state index is 0.00248. The van der Waals surface area contributed by atoms with E-state index in [9.17, 15) is 4.79 Å². The van der Waals surface area contributed by atoms with Crippen LogP contribution in [0.15, 0.2) is 22.0 Å². The quantitative estimate of drug-likeness (QED) is 0.501. The van der Waals surface area contributed by atoms with Crippen molar-refractivity contribution >= 4 is 39.2 Å². The Bertz CT molecular complexity index is 434. The topological polar surface area (TPSA) is 38.8 Å². The molecule has 1 aromatic heterocycles. The lowest BCUT2D eigenvalue weighted by Crippen LogP contribution is -2.34. The third kappa shape index (κ3) is 6.65. The first-order valence-electron chi connectivity index (χ1n) is 6.37. The first-order valence-corrected chi connectivity index (χ1v) is 7.98. The van der Waals surface area contributed by atoms with Crippen LogP contribution in [0.5, 0.6) is 0 Å². The Hall–Kier alpha value is -0.690. The number of hydrogen-bond acceptors (Lipinski definition) is 4. The maximum atomic E-state index is 12.2. The molecule has 1 rings (SSSR count). The average molecular weight is 362 g/mol. The van der Waals surface area contributed by atoms with Crippen molar-refractivity contribution < 1.29 is 14.3 Å². The monoisotopic (exact) mass is 361 g/mol. The van der Waals surface area contributed by atoms with Gasteiger partial charge in [-0.1, -0.05) is 0 Å². The van der Waals surface area contributed by atoms with Gasteiger partial charge in [0.2, 0.25) is 5.91 Å². The van der Waals surface area contributed by atoms with Crippen molar-refractivity contribution in [1.82, 2.24) is 4.90 Å². The van der Waals surface area contributed by atoms with Gasteiger partial charge in [-0.3, -0.25) is 4.79 Å². The van der Waals surface area contributed by atoms with Gasteiger partial charge in [0.25, 0.3) is 0 Å². The molecule has 0 aromatic carbocycles. The molecule has 112 valence electrons. The van der Waals surface area contributed by atoms with Crippen LogP contribution in [-0.4, -0.2) is 51.3 Å². The van der Waals surface area contributed by atoms with Crippen LogP contribution in [0.2, 0.25) is 0 Å². The number of carbonyl (C=O) groups is 1. The molecular formula is C14H20BrNO3S. The van der Waals surface area contributed by atoms with E-state index in [-0.39, 0.29) is 5.91 Å². The van der Waals surface area contributed by atoms with Gasteiger partial charge < -0.3 is 14.4 Å². The predicted octanol–water partition coefficient (Wildman–Crippen LogP) is 3.04. The summed E-state index contributed by atoms with van der Waals surface area (Å²) in [6, 6.07) is 3.94. The van der Waals surface area contributed by atoms with E-state index in [0.29, 0.717) is 26.3 Å². The highest BCUT2D eigenvalue weighted by molar-refractivity contribution is 9.11. The second-order valence-corrected chi connectivity index (χ2v) is 6.63. The second-order valence-electron chi connectivity index (χ2n) is 4.14. The third-order valence-electron chi connectivity index (χ3n) is 2.64. The van der Waals surface area contributed by atoms with Crippen molar-refractivity contribution in [2.45, 2.75) is 6.42 Å². The van der Waals surface area contributed by atoms with Crippen molar-refractivity contribution in [2.24, 2.45) is 0 Å². The molecule has 6 heteroatoms. The molecule has 20 heavy (non-hydrogen) atoms. The van der Waals surface area contributed by atoms with E-state index in [2.05, 4.69) is 15.9 Å². The van der Waals surface area contributed by atoms with Crippen molar-refractivity contribution in [3.63, 3.8) is 0 Å². The molecule has 0 saturated carbocycles.